The molecule has 0 aliphatic carbocycles. The normalized spacial score (nSPS) is 11.6. The maximum absolute atomic E-state index is 2.44. The van der Waals surface area contributed by atoms with E-state index in [1.807, 2.05) is 0 Å². The summed E-state index contributed by atoms with van der Waals surface area (Å²) < 4.78 is 2.44. The Labute approximate surface area is 325 Å². The third kappa shape index (κ3) is 5.26. The van der Waals surface area contributed by atoms with E-state index in [4.69, 9.17) is 0 Å². The molecule has 0 aliphatic rings. The van der Waals surface area contributed by atoms with Gasteiger partial charge < -0.3 is 9.47 Å². The molecule has 0 atom stereocenters. The topological polar surface area (TPSA) is 8.17 Å². The number of hydrogen-bond donors (Lipinski definition) is 0. The van der Waals surface area contributed by atoms with Gasteiger partial charge in [0.1, 0.15) is 0 Å². The maximum atomic E-state index is 2.44. The SMILES string of the molecule is c1ccc(N(c2ccc(-c3ccc(-n4c5cc(-c6cccc7ccccc67)ccc5c5c6ccccc6ccc54)cc3)cc2)c2cccc3ccccc23)cc1. The minimum atomic E-state index is 1.12. The third-order valence-electron chi connectivity index (χ3n) is 11.4. The van der Waals surface area contributed by atoms with Gasteiger partial charge in [-0.3, -0.25) is 0 Å². The van der Waals surface area contributed by atoms with Crippen molar-refractivity contribution in [2.45, 2.75) is 0 Å². The van der Waals surface area contributed by atoms with E-state index in [2.05, 4.69) is 228 Å². The highest BCUT2D eigenvalue weighted by molar-refractivity contribution is 6.22. The summed E-state index contributed by atoms with van der Waals surface area (Å²) in [6.45, 7) is 0. The van der Waals surface area contributed by atoms with Crippen LogP contribution in [-0.4, -0.2) is 4.57 Å². The summed E-state index contributed by atoms with van der Waals surface area (Å²) in [5.41, 5.74) is 11.8. The molecular weight excluding hydrogens is 677 g/mol. The molecule has 10 aromatic carbocycles. The molecule has 0 bridgehead atoms. The molecule has 0 unspecified atom stereocenters. The average molecular weight is 713 g/mol. The first kappa shape index (κ1) is 32.0. The van der Waals surface area contributed by atoms with E-state index in [0.29, 0.717) is 0 Å². The molecular formula is C54H36N2. The van der Waals surface area contributed by atoms with Gasteiger partial charge in [-0.2, -0.15) is 0 Å². The highest BCUT2D eigenvalue weighted by atomic mass is 15.1. The molecule has 1 aromatic heterocycles. The Morgan fingerprint density at radius 2 is 0.875 bits per heavy atom. The second-order valence-electron chi connectivity index (χ2n) is 14.5. The molecule has 262 valence electrons. The van der Waals surface area contributed by atoms with Crippen molar-refractivity contribution in [3.8, 4) is 27.9 Å². The average Bonchev–Trinajstić information content (AvgIpc) is 3.61. The van der Waals surface area contributed by atoms with Gasteiger partial charge in [-0.15, -0.1) is 0 Å². The van der Waals surface area contributed by atoms with Crippen molar-refractivity contribution >= 4 is 71.2 Å². The van der Waals surface area contributed by atoms with Crippen LogP contribution >= 0.6 is 0 Å². The minimum Gasteiger partial charge on any atom is -0.310 e. The lowest BCUT2D eigenvalue weighted by Gasteiger charge is -2.27. The van der Waals surface area contributed by atoms with Crippen molar-refractivity contribution in [1.29, 1.82) is 0 Å². The molecule has 2 nitrogen and oxygen atoms in total. The number of anilines is 3. The van der Waals surface area contributed by atoms with Gasteiger partial charge in [0.15, 0.2) is 0 Å². The monoisotopic (exact) mass is 712 g/mol. The summed E-state index contributed by atoms with van der Waals surface area (Å²) in [5.74, 6) is 0. The van der Waals surface area contributed by atoms with E-state index in [1.165, 1.54) is 76.4 Å². The molecule has 11 rings (SSSR count). The zero-order valence-corrected chi connectivity index (χ0v) is 30.7. The Morgan fingerprint density at radius 3 is 1.62 bits per heavy atom. The number of aromatic nitrogens is 1. The van der Waals surface area contributed by atoms with Crippen molar-refractivity contribution in [3.63, 3.8) is 0 Å². The number of rotatable bonds is 6. The van der Waals surface area contributed by atoms with E-state index in [9.17, 15) is 0 Å². The van der Waals surface area contributed by atoms with Crippen molar-refractivity contribution in [1.82, 2.24) is 4.57 Å². The summed E-state index contributed by atoms with van der Waals surface area (Å²) in [6, 6.07) is 79.4. The highest BCUT2D eigenvalue weighted by Crippen LogP contribution is 2.42. The summed E-state index contributed by atoms with van der Waals surface area (Å²) in [5, 5.41) is 10.0. The van der Waals surface area contributed by atoms with Gasteiger partial charge in [0, 0.05) is 33.2 Å². The van der Waals surface area contributed by atoms with Crippen LogP contribution in [0.3, 0.4) is 0 Å². The molecule has 0 spiro atoms. The first-order chi connectivity index (χ1) is 27.8. The molecule has 0 saturated heterocycles. The van der Waals surface area contributed by atoms with Gasteiger partial charge in [-0.05, 0) is 104 Å². The van der Waals surface area contributed by atoms with E-state index >= 15 is 0 Å². The number of fused-ring (bicyclic) bond motifs is 7. The van der Waals surface area contributed by atoms with Crippen LogP contribution in [0.5, 0.6) is 0 Å². The Balaban J connectivity index is 1.02. The fourth-order valence-corrected chi connectivity index (χ4v) is 8.72. The highest BCUT2D eigenvalue weighted by Gasteiger charge is 2.18. The number of nitrogens with zero attached hydrogens (tertiary/aromatic N) is 2. The molecule has 0 saturated carbocycles. The summed E-state index contributed by atoms with van der Waals surface area (Å²) in [7, 11) is 0. The third-order valence-corrected chi connectivity index (χ3v) is 11.4. The lowest BCUT2D eigenvalue weighted by Crippen LogP contribution is -2.10. The quantitative estimate of drug-likeness (QED) is 0.167. The molecule has 1 heterocycles. The zero-order chi connectivity index (χ0) is 37.0. The fourth-order valence-electron chi connectivity index (χ4n) is 8.72. The van der Waals surface area contributed by atoms with Crippen LogP contribution in [0.2, 0.25) is 0 Å². The second-order valence-corrected chi connectivity index (χ2v) is 14.5. The molecule has 0 amide bonds. The standard InChI is InChI=1S/C54H36N2/c1-2-17-43(18-3-1)55(51-23-11-16-40-13-5-8-20-48(40)51)44-30-24-37(25-31-44)38-26-32-45(33-27-38)56-52-35-29-41-14-6-9-21-49(41)54(52)50-34-28-42(36-53(50)56)47-22-10-15-39-12-4-7-19-46(39)47/h1-36H. The molecule has 0 radical (unpaired) electrons. The van der Waals surface area contributed by atoms with Crippen molar-refractivity contribution < 1.29 is 0 Å². The lowest BCUT2D eigenvalue weighted by atomic mass is 9.97. The summed E-state index contributed by atoms with van der Waals surface area (Å²) >= 11 is 0. The number of benzene rings is 10. The van der Waals surface area contributed by atoms with E-state index in [0.717, 1.165) is 22.7 Å². The van der Waals surface area contributed by atoms with Crippen LogP contribution in [0.4, 0.5) is 17.1 Å². The van der Waals surface area contributed by atoms with Crippen molar-refractivity contribution in [2.75, 3.05) is 4.90 Å². The predicted molar refractivity (Wildman–Crippen MR) is 239 cm³/mol. The van der Waals surface area contributed by atoms with Crippen molar-refractivity contribution in [3.05, 3.63) is 218 Å². The molecule has 56 heavy (non-hydrogen) atoms. The van der Waals surface area contributed by atoms with Gasteiger partial charge >= 0.3 is 0 Å². The first-order valence-electron chi connectivity index (χ1n) is 19.3. The predicted octanol–water partition coefficient (Wildman–Crippen LogP) is 15.0. The Kier molecular flexibility index (Phi) is 7.53. The van der Waals surface area contributed by atoms with Crippen LogP contribution < -0.4 is 4.90 Å². The van der Waals surface area contributed by atoms with Gasteiger partial charge in [-0.25, -0.2) is 0 Å². The van der Waals surface area contributed by atoms with Gasteiger partial charge in [0.25, 0.3) is 0 Å². The van der Waals surface area contributed by atoms with Gasteiger partial charge in [0.2, 0.25) is 0 Å². The lowest BCUT2D eigenvalue weighted by molar-refractivity contribution is 1.18. The summed E-state index contributed by atoms with van der Waals surface area (Å²) in [6.07, 6.45) is 0. The minimum absolute atomic E-state index is 1.12. The zero-order valence-electron chi connectivity index (χ0n) is 30.7. The second kappa shape index (κ2) is 13.2. The first-order valence-corrected chi connectivity index (χ1v) is 19.3. The van der Waals surface area contributed by atoms with E-state index < -0.39 is 0 Å². The van der Waals surface area contributed by atoms with E-state index in [-0.39, 0.29) is 0 Å². The van der Waals surface area contributed by atoms with Gasteiger partial charge in [-0.1, -0.05) is 164 Å². The molecule has 0 aliphatic heterocycles. The van der Waals surface area contributed by atoms with Crippen LogP contribution in [0.15, 0.2) is 218 Å². The number of para-hydroxylation sites is 1. The van der Waals surface area contributed by atoms with Gasteiger partial charge in [0.05, 0.1) is 16.7 Å². The Hall–Kier alpha value is -7.42. The van der Waals surface area contributed by atoms with Crippen LogP contribution in [0.1, 0.15) is 0 Å². The fraction of sp³-hybridized carbons (Fsp3) is 0. The van der Waals surface area contributed by atoms with Crippen LogP contribution in [0.25, 0.3) is 82.1 Å². The summed E-state index contributed by atoms with van der Waals surface area (Å²) in [4.78, 5) is 2.35. The Morgan fingerprint density at radius 1 is 0.321 bits per heavy atom. The Bertz CT molecular complexity index is 3220. The van der Waals surface area contributed by atoms with Crippen LogP contribution in [-0.2, 0) is 0 Å². The molecule has 0 N–H and O–H groups in total. The smallest absolute Gasteiger partial charge is 0.0547 e. The largest absolute Gasteiger partial charge is 0.310 e. The molecule has 11 aromatic rings. The van der Waals surface area contributed by atoms with Crippen molar-refractivity contribution in [2.24, 2.45) is 0 Å². The number of hydrogen-bond acceptors (Lipinski definition) is 1. The molecule has 2 heteroatoms. The maximum Gasteiger partial charge on any atom is 0.0547 e. The molecule has 0 fully saturated rings. The van der Waals surface area contributed by atoms with Crippen LogP contribution in [0, 0.1) is 0 Å². The van der Waals surface area contributed by atoms with E-state index in [1.54, 1.807) is 0 Å².